The molecule has 3 aromatic carbocycles. The van der Waals surface area contributed by atoms with Crippen molar-refractivity contribution in [2.75, 3.05) is 6.61 Å². The Balaban J connectivity index is 1.42. The Morgan fingerprint density at radius 1 is 0.875 bits per heavy atom. The van der Waals surface area contributed by atoms with Crippen molar-refractivity contribution in [3.63, 3.8) is 0 Å². The van der Waals surface area contributed by atoms with Crippen LogP contribution in [0.4, 0.5) is 0 Å². The summed E-state index contributed by atoms with van der Waals surface area (Å²) in [4.78, 5) is 10.7. The molecule has 0 spiro atoms. The number of ether oxygens (including phenoxy) is 1. The highest BCUT2D eigenvalue weighted by Crippen LogP contribution is 2.32. The number of carbonyl (C=O) groups is 1. The van der Waals surface area contributed by atoms with Gasteiger partial charge in [-0.3, -0.25) is 0 Å². The molecule has 0 saturated heterocycles. The normalized spacial score (nSPS) is 10.9. The van der Waals surface area contributed by atoms with Gasteiger partial charge in [0.25, 0.3) is 0 Å². The molecule has 4 rings (SSSR count). The maximum absolute atomic E-state index is 10.7. The fourth-order valence-corrected chi connectivity index (χ4v) is 3.80. The van der Waals surface area contributed by atoms with Gasteiger partial charge in [-0.05, 0) is 48.1 Å². The smallest absolute Gasteiger partial charge is 0.341 e. The van der Waals surface area contributed by atoms with E-state index in [1.54, 1.807) is 6.07 Å². The lowest BCUT2D eigenvalue weighted by molar-refractivity contribution is -0.139. The Labute approximate surface area is 187 Å². The summed E-state index contributed by atoms with van der Waals surface area (Å²) in [6.07, 6.45) is 2.53. The Hall–Kier alpha value is -3.86. The molecule has 32 heavy (non-hydrogen) atoms. The Kier molecular flexibility index (Phi) is 6.98. The number of rotatable bonds is 10. The van der Waals surface area contributed by atoms with Crippen molar-refractivity contribution in [1.82, 2.24) is 5.16 Å². The van der Waals surface area contributed by atoms with E-state index in [0.717, 1.165) is 36.3 Å². The van der Waals surface area contributed by atoms with Crippen LogP contribution in [0.1, 0.15) is 40.5 Å². The number of carboxylic acids is 1. The Morgan fingerprint density at radius 2 is 1.56 bits per heavy atom. The molecule has 5 heteroatoms. The van der Waals surface area contributed by atoms with Crippen LogP contribution >= 0.6 is 0 Å². The first kappa shape index (κ1) is 21.4. The second-order valence-electron chi connectivity index (χ2n) is 7.66. The minimum atomic E-state index is -0.985. The number of carboxylic acid groups (broad SMARTS) is 1. The van der Waals surface area contributed by atoms with E-state index >= 15 is 0 Å². The highest BCUT2D eigenvalue weighted by Gasteiger charge is 2.21. The maximum atomic E-state index is 10.7. The molecule has 162 valence electrons. The van der Waals surface area contributed by atoms with Gasteiger partial charge >= 0.3 is 5.97 Å². The Morgan fingerprint density at radius 3 is 2.22 bits per heavy atom. The number of benzene rings is 3. The molecular weight excluding hydrogens is 402 g/mol. The van der Waals surface area contributed by atoms with Crippen LogP contribution in [0.25, 0.3) is 0 Å². The van der Waals surface area contributed by atoms with E-state index in [-0.39, 0.29) is 12.5 Å². The summed E-state index contributed by atoms with van der Waals surface area (Å²) < 4.78 is 11.0. The molecule has 4 aromatic rings. The molecular formula is C27H25NO4. The van der Waals surface area contributed by atoms with Crippen LogP contribution in [0, 0.1) is 0 Å². The fraction of sp³-hybridized carbons (Fsp3) is 0.185. The predicted molar refractivity (Wildman–Crippen MR) is 122 cm³/mol. The zero-order valence-corrected chi connectivity index (χ0v) is 17.7. The summed E-state index contributed by atoms with van der Waals surface area (Å²) in [6.45, 7) is -0.338. The first-order valence-electron chi connectivity index (χ1n) is 10.7. The minimum Gasteiger partial charge on any atom is -0.482 e. The van der Waals surface area contributed by atoms with Crippen LogP contribution in [0.2, 0.25) is 0 Å². The van der Waals surface area contributed by atoms with Gasteiger partial charge in [-0.1, -0.05) is 78.0 Å². The SMILES string of the molecule is O=C(O)COc1cccc(CCCc2cc(C(c3ccccc3)c3ccccc3)on2)c1. The molecule has 0 saturated carbocycles. The second-order valence-corrected chi connectivity index (χ2v) is 7.66. The molecule has 0 atom stereocenters. The summed E-state index contributed by atoms with van der Waals surface area (Å²) in [5.74, 6) is 0.423. The van der Waals surface area contributed by atoms with Gasteiger partial charge in [-0.15, -0.1) is 0 Å². The second kappa shape index (κ2) is 10.4. The zero-order valence-electron chi connectivity index (χ0n) is 17.7. The van der Waals surface area contributed by atoms with Crippen molar-refractivity contribution >= 4 is 5.97 Å². The predicted octanol–water partition coefficient (Wildman–Crippen LogP) is 5.49. The van der Waals surface area contributed by atoms with Crippen molar-refractivity contribution < 1.29 is 19.2 Å². The average molecular weight is 428 g/mol. The quantitative estimate of drug-likeness (QED) is 0.362. The van der Waals surface area contributed by atoms with Crippen molar-refractivity contribution in [3.05, 3.63) is 119 Å². The van der Waals surface area contributed by atoms with Gasteiger partial charge < -0.3 is 14.4 Å². The number of aromatic nitrogens is 1. The molecule has 0 aliphatic rings. The van der Waals surface area contributed by atoms with E-state index < -0.39 is 5.97 Å². The summed E-state index contributed by atoms with van der Waals surface area (Å²) in [5.41, 5.74) is 4.36. The third kappa shape index (κ3) is 5.64. The lowest BCUT2D eigenvalue weighted by atomic mass is 9.89. The third-order valence-corrected chi connectivity index (χ3v) is 5.29. The van der Waals surface area contributed by atoms with E-state index in [9.17, 15) is 4.79 Å². The lowest BCUT2D eigenvalue weighted by Crippen LogP contribution is -2.09. The summed E-state index contributed by atoms with van der Waals surface area (Å²) in [5, 5.41) is 13.1. The van der Waals surface area contributed by atoms with Crippen LogP contribution in [-0.2, 0) is 17.6 Å². The number of hydrogen-bond acceptors (Lipinski definition) is 4. The van der Waals surface area contributed by atoms with Gasteiger partial charge in [0.2, 0.25) is 0 Å². The monoisotopic (exact) mass is 427 g/mol. The molecule has 0 unspecified atom stereocenters. The van der Waals surface area contributed by atoms with Crippen LogP contribution < -0.4 is 4.74 Å². The minimum absolute atomic E-state index is 0.00159. The van der Waals surface area contributed by atoms with Crippen LogP contribution in [0.15, 0.2) is 95.5 Å². The topological polar surface area (TPSA) is 72.6 Å². The van der Waals surface area contributed by atoms with E-state index in [1.165, 1.54) is 11.1 Å². The molecule has 1 N–H and O–H groups in total. The number of aryl methyl sites for hydroxylation is 2. The van der Waals surface area contributed by atoms with Gasteiger partial charge in [-0.25, -0.2) is 4.79 Å². The van der Waals surface area contributed by atoms with Gasteiger partial charge in [0, 0.05) is 6.07 Å². The molecule has 0 fully saturated rings. The van der Waals surface area contributed by atoms with Gasteiger partial charge in [0.15, 0.2) is 6.61 Å². The number of hydrogen-bond donors (Lipinski definition) is 1. The van der Waals surface area contributed by atoms with Crippen molar-refractivity contribution in [2.45, 2.75) is 25.2 Å². The molecule has 0 amide bonds. The average Bonchev–Trinajstić information content (AvgIpc) is 3.28. The summed E-state index contributed by atoms with van der Waals surface area (Å²) >= 11 is 0. The van der Waals surface area contributed by atoms with Crippen molar-refractivity contribution in [1.29, 1.82) is 0 Å². The molecule has 1 heterocycles. The summed E-state index contributed by atoms with van der Waals surface area (Å²) in [7, 11) is 0. The zero-order chi connectivity index (χ0) is 22.2. The van der Waals surface area contributed by atoms with E-state index in [4.69, 9.17) is 14.4 Å². The molecule has 0 aliphatic carbocycles. The lowest BCUT2D eigenvalue weighted by Gasteiger charge is -2.14. The maximum Gasteiger partial charge on any atom is 0.341 e. The molecule has 1 aromatic heterocycles. The van der Waals surface area contributed by atoms with Crippen LogP contribution in [0.5, 0.6) is 5.75 Å². The highest BCUT2D eigenvalue weighted by molar-refractivity contribution is 5.68. The van der Waals surface area contributed by atoms with Gasteiger partial charge in [-0.2, -0.15) is 0 Å². The van der Waals surface area contributed by atoms with E-state index in [1.807, 2.05) is 54.6 Å². The van der Waals surface area contributed by atoms with Gasteiger partial charge in [0.1, 0.15) is 11.5 Å². The summed E-state index contributed by atoms with van der Waals surface area (Å²) in [6, 6.07) is 30.2. The fourth-order valence-electron chi connectivity index (χ4n) is 3.80. The van der Waals surface area contributed by atoms with Crippen LogP contribution in [-0.4, -0.2) is 22.8 Å². The third-order valence-electron chi connectivity index (χ3n) is 5.29. The molecule has 5 nitrogen and oxygen atoms in total. The van der Waals surface area contributed by atoms with Crippen LogP contribution in [0.3, 0.4) is 0 Å². The van der Waals surface area contributed by atoms with E-state index in [0.29, 0.717) is 5.75 Å². The molecule has 0 radical (unpaired) electrons. The number of aliphatic carboxylic acids is 1. The van der Waals surface area contributed by atoms with Gasteiger partial charge in [0.05, 0.1) is 11.6 Å². The van der Waals surface area contributed by atoms with Crippen molar-refractivity contribution in [3.8, 4) is 5.75 Å². The molecule has 0 bridgehead atoms. The highest BCUT2D eigenvalue weighted by atomic mass is 16.5. The van der Waals surface area contributed by atoms with Crippen molar-refractivity contribution in [2.24, 2.45) is 0 Å². The first-order valence-corrected chi connectivity index (χ1v) is 10.7. The Bertz CT molecular complexity index is 1100. The molecule has 0 aliphatic heterocycles. The standard InChI is InChI=1S/C27H25NO4/c29-26(30)19-31-24-16-8-10-20(17-24)9-7-15-23-18-25(32-28-23)27(21-11-3-1-4-12-21)22-13-5-2-6-14-22/h1-6,8,10-14,16-18,27H,7,9,15,19H2,(H,29,30). The first-order chi connectivity index (χ1) is 15.7. The van der Waals surface area contributed by atoms with E-state index in [2.05, 4.69) is 35.5 Å². The number of nitrogens with zero attached hydrogens (tertiary/aromatic N) is 1. The largest absolute Gasteiger partial charge is 0.482 e.